The Morgan fingerprint density at radius 1 is 0.378 bits per heavy atom. The van der Waals surface area contributed by atoms with Crippen LogP contribution in [-0.2, 0) is 54.7 Å². The number of aromatic nitrogens is 8. The molecule has 5 unspecified atom stereocenters. The lowest BCUT2D eigenvalue weighted by Crippen LogP contribution is -2.47. The van der Waals surface area contributed by atoms with Crippen LogP contribution in [0.3, 0.4) is 0 Å². The van der Waals surface area contributed by atoms with Crippen LogP contribution >= 0.6 is 58.9 Å². The summed E-state index contributed by atoms with van der Waals surface area (Å²) in [5.74, 6) is -0.0167. The molecule has 0 aliphatic carbocycles. The Kier molecular flexibility index (Phi) is 43.2. The van der Waals surface area contributed by atoms with E-state index in [2.05, 4.69) is 158 Å². The number of hydrogen-bond donors (Lipinski definition) is 19. The standard InChI is InChI=1S/2C17H30N3O5P.2C17H30N3O4PS.C16H25N2O4P/c2*1-5-7-18-9-11-10-20(17(24)19-15(11)23)16-14(22)13(21)12(25-16)6-8-26(2,3)4;2*1-5-7-18-9-11-10-20(17(26)19-15(11)23)16-14(22)13(21)12(24-16)6-8-25(2,3)4;1-6-11-9-18(10(2)17-15(11)21)16-14(20)13(19)12(22-16)7-8-23(3,4)5/h2*10,12-14,16,18,21-22H,2,5-9H2,1,3-4H3,(H,19,23,24);2*10,12-14,16,18,21-22H,2,5-9H2,1,3-4H3,(H,19,23,26);6,9,12-14,16,19-20H,1-3,7-8H2,4-5H3,(H,17,21)/t5*12-,13-,14-,16?/m11111/s1. The van der Waals surface area contributed by atoms with Gasteiger partial charge in [-0.25, -0.2) is 9.59 Å². The lowest BCUT2D eigenvalue weighted by molar-refractivity contribution is -0.119. The van der Waals surface area contributed by atoms with E-state index in [1.165, 1.54) is 38.7 Å². The summed E-state index contributed by atoms with van der Waals surface area (Å²) in [6.45, 7) is 34.7. The number of nitrogens with zero attached hydrogens (tertiary/aromatic N) is 5. The number of carbonyl (C=O) groups is 1. The molecule has 1 amide bonds. The van der Waals surface area contributed by atoms with Gasteiger partial charge in [-0.3, -0.25) is 62.2 Å². The normalized spacial score (nSPS) is 27.3. The molecule has 4 aromatic heterocycles. The average molecular weight is 1920 g/mol. The minimum atomic E-state index is -1.29. The summed E-state index contributed by atoms with van der Waals surface area (Å²) in [6.07, 6.45) is 22.6. The van der Waals surface area contributed by atoms with Gasteiger partial charge in [-0.15, -0.1) is 65.9 Å². The molecule has 43 heteroatoms. The molecular weight excluding hydrogens is 1780 g/mol. The van der Waals surface area contributed by atoms with E-state index in [0.29, 0.717) is 91.9 Å². The Bertz CT molecular complexity index is 4600. The number of hydrogen-bond acceptors (Lipinski definition) is 29. The number of ether oxygens (including phenoxy) is 5. The lowest BCUT2D eigenvalue weighted by Gasteiger charge is -2.34. The van der Waals surface area contributed by atoms with Crippen molar-refractivity contribution in [3.8, 4) is 0 Å². The van der Waals surface area contributed by atoms with E-state index in [1.807, 2.05) is 27.7 Å². The highest BCUT2D eigenvalue weighted by atomic mass is 32.1. The zero-order chi connectivity index (χ0) is 95.3. The molecule has 5 fully saturated rings. The van der Waals surface area contributed by atoms with E-state index >= 15 is 0 Å². The summed E-state index contributed by atoms with van der Waals surface area (Å²) in [5.41, 5.74) is -0.704. The van der Waals surface area contributed by atoms with Crippen LogP contribution < -0.4 is 60.2 Å². The first-order chi connectivity index (χ1) is 59.2. The monoisotopic (exact) mass is 1920 g/mol. The Labute approximate surface area is 755 Å². The third kappa shape index (κ3) is 33.1. The first-order valence-corrected chi connectivity index (χ1v) is 59.1. The van der Waals surface area contributed by atoms with Gasteiger partial charge in [-0.1, -0.05) is 46.9 Å². The van der Waals surface area contributed by atoms with Crippen molar-refractivity contribution < 1.29 is 79.5 Å². The fourth-order valence-corrected chi connectivity index (χ4v) is 19.5. The van der Waals surface area contributed by atoms with Crippen molar-refractivity contribution in [2.24, 2.45) is 0 Å². The summed E-state index contributed by atoms with van der Waals surface area (Å²) in [4.78, 5) is 95.5. The fourth-order valence-electron chi connectivity index (χ4n) is 14.3. The van der Waals surface area contributed by atoms with Crippen LogP contribution in [0.1, 0.15) is 133 Å². The Balaban J connectivity index is 0.000000245. The number of aromatic amines is 4. The molecule has 6 aliphatic heterocycles. The Morgan fingerprint density at radius 2 is 0.606 bits per heavy atom. The Morgan fingerprint density at radius 3 is 0.850 bits per heavy atom. The van der Waals surface area contributed by atoms with Gasteiger partial charge in [0.05, 0.1) is 36.1 Å². The largest absolute Gasteiger partial charge is 0.388 e. The van der Waals surface area contributed by atoms with Gasteiger partial charge in [0.15, 0.2) is 40.7 Å². The van der Waals surface area contributed by atoms with Crippen molar-refractivity contribution in [1.82, 2.24) is 69.7 Å². The van der Waals surface area contributed by atoms with E-state index < -0.39 is 180 Å². The molecule has 6 aliphatic rings. The van der Waals surface area contributed by atoms with Gasteiger partial charge < -0.3 is 106 Å². The SMILES string of the molecule is C=CC1=CN(C2O[C@H](CCP(=C)(C)C)[C@@H](O)[C@H]2O)C(=C)NC1=O.C=P(C)(C)CC[C@H]1OC(n2cc(CNCCC)c(=O)[nH]c2=O)[C@H](O)[C@@H]1O.C=P(C)(C)CC[C@H]1OC(n2cc(CNCCC)c(=O)[nH]c2=O)[C@H](O)[C@@H]1O.C=P(C)(C)CC[C@H]1OC(n2cc(CNCCC)c(=O)[nH]c2=S)[C@H](O)[C@@H]1O.C=P(C)(C)CC[C@H]1OC(n2cc(CNCCC)c(=O)[nH]c2=S)[C@H](O)[C@@H]1O. The smallest absolute Gasteiger partial charge is 0.330 e. The summed E-state index contributed by atoms with van der Waals surface area (Å²) in [6, 6.07) is 0. The molecule has 5 saturated heterocycles. The molecule has 19 N–H and O–H groups in total. The number of nitrogens with one attached hydrogen (secondary N) is 9. The minimum Gasteiger partial charge on any atom is -0.388 e. The molecule has 10 heterocycles. The van der Waals surface area contributed by atoms with E-state index in [9.17, 15) is 84.6 Å². The van der Waals surface area contributed by atoms with Crippen LogP contribution in [0.2, 0.25) is 0 Å². The predicted molar refractivity (Wildman–Crippen MR) is 521 cm³/mol. The maximum absolute atomic E-state index is 12.2. The van der Waals surface area contributed by atoms with Gasteiger partial charge in [-0.05, 0) is 206 Å². The first kappa shape index (κ1) is 111. The first-order valence-electron chi connectivity index (χ1n) is 43.0. The highest BCUT2D eigenvalue weighted by Gasteiger charge is 2.50. The van der Waals surface area contributed by atoms with Gasteiger partial charge in [-0.2, -0.15) is 0 Å². The number of aliphatic hydroxyl groups is 10. The van der Waals surface area contributed by atoms with E-state index in [0.717, 1.165) is 91.8 Å². The van der Waals surface area contributed by atoms with Crippen molar-refractivity contribution in [3.05, 3.63) is 156 Å². The molecule has 36 nitrogen and oxygen atoms in total. The quantitative estimate of drug-likeness (QED) is 0.0175. The predicted octanol–water partition coefficient (Wildman–Crippen LogP) is 2.26. The summed E-state index contributed by atoms with van der Waals surface area (Å²) in [5, 5.41) is 119. The lowest BCUT2D eigenvalue weighted by atomic mass is 10.1. The highest BCUT2D eigenvalue weighted by Crippen LogP contribution is 2.44. The van der Waals surface area contributed by atoms with Crippen molar-refractivity contribution in [2.75, 3.05) is 124 Å². The van der Waals surface area contributed by atoms with Gasteiger partial charge in [0.2, 0.25) is 0 Å². The number of H-pyrrole nitrogens is 4. The maximum Gasteiger partial charge on any atom is 0.330 e. The summed E-state index contributed by atoms with van der Waals surface area (Å²) in [7, 11) is 0. The van der Waals surface area contributed by atoms with Crippen LogP contribution in [-0.4, -0.2) is 353 Å². The molecule has 127 heavy (non-hydrogen) atoms. The second-order valence-corrected chi connectivity index (χ2v) is 58.9. The molecule has 0 spiro atoms. The van der Waals surface area contributed by atoms with Crippen LogP contribution in [0.25, 0.3) is 0 Å². The fraction of sp³-hybridized carbons (Fsp3) is 0.667. The van der Waals surface area contributed by atoms with Crippen LogP contribution in [0.5, 0.6) is 0 Å². The molecule has 0 radical (unpaired) electrons. The third-order valence-corrected chi connectivity index (χ3v) is 29.6. The summed E-state index contributed by atoms with van der Waals surface area (Å²) < 4.78 is 34.9. The van der Waals surface area contributed by atoms with Crippen molar-refractivity contribution in [1.29, 1.82) is 0 Å². The van der Waals surface area contributed by atoms with Gasteiger partial charge in [0.1, 0.15) is 66.9 Å². The summed E-state index contributed by atoms with van der Waals surface area (Å²) >= 11 is 10.5. The molecule has 0 bridgehead atoms. The molecule has 720 valence electrons. The van der Waals surface area contributed by atoms with Crippen molar-refractivity contribution in [2.45, 2.75) is 234 Å². The molecule has 4 aromatic rings. The average Bonchev–Trinajstić information content (AvgIpc) is 1.69. The molecule has 10 rings (SSSR count). The molecule has 0 aromatic carbocycles. The number of carbonyl (C=O) groups excluding carboxylic acids is 1. The second-order valence-electron chi connectivity index (χ2n) is 36.6. The minimum absolute atomic E-state index is 0.163. The maximum atomic E-state index is 12.2. The van der Waals surface area contributed by atoms with Crippen molar-refractivity contribution >= 4 is 96.3 Å². The van der Waals surface area contributed by atoms with Crippen LogP contribution in [0.4, 0.5) is 0 Å². The number of amides is 1. The van der Waals surface area contributed by atoms with E-state index in [4.69, 9.17) is 48.1 Å². The zero-order valence-electron chi connectivity index (χ0n) is 76.2. The Hall–Kier alpha value is -5.21. The number of rotatable bonds is 37. The topological polar surface area (TPSA) is 514 Å². The zero-order valence-corrected chi connectivity index (χ0v) is 82.3. The van der Waals surface area contributed by atoms with Crippen LogP contribution in [0, 0.1) is 9.54 Å². The van der Waals surface area contributed by atoms with Gasteiger partial charge in [0.25, 0.3) is 28.1 Å². The van der Waals surface area contributed by atoms with E-state index in [1.54, 1.807) is 12.4 Å². The highest BCUT2D eigenvalue weighted by molar-refractivity contribution is 7.73. The molecular formula is C84H145N14O22P5S2. The second kappa shape index (κ2) is 49.7. The number of aliphatic hydroxyl groups excluding tert-OH is 10. The van der Waals surface area contributed by atoms with Crippen molar-refractivity contribution in [3.63, 3.8) is 0 Å². The molecule has 20 atom stereocenters. The molecule has 0 saturated carbocycles. The van der Waals surface area contributed by atoms with Gasteiger partial charge >= 0.3 is 11.4 Å². The van der Waals surface area contributed by atoms with E-state index in [-0.39, 0.29) is 26.6 Å². The van der Waals surface area contributed by atoms with Gasteiger partial charge in [0, 0.05) is 79.4 Å². The van der Waals surface area contributed by atoms with Crippen LogP contribution in [0.15, 0.2) is 90.4 Å². The third-order valence-electron chi connectivity index (χ3n) is 21.6.